The molecule has 112 valence electrons. The van der Waals surface area contributed by atoms with Crippen molar-refractivity contribution >= 4 is 39.9 Å². The molecule has 3 nitrogen and oxygen atoms in total. The molecule has 0 fully saturated rings. The smallest absolute Gasteiger partial charge is 0.119 e. The molecule has 2 aromatic rings. The van der Waals surface area contributed by atoms with Crippen LogP contribution in [0.25, 0.3) is 0 Å². The van der Waals surface area contributed by atoms with Crippen molar-refractivity contribution in [3.05, 3.63) is 56.6 Å². The van der Waals surface area contributed by atoms with Gasteiger partial charge in [0.2, 0.25) is 0 Å². The lowest BCUT2D eigenvalue weighted by molar-refractivity contribution is 0.117. The summed E-state index contributed by atoms with van der Waals surface area (Å²) in [7, 11) is 0. The molecule has 0 heterocycles. The van der Waals surface area contributed by atoms with Crippen molar-refractivity contribution in [2.75, 3.05) is 18.5 Å². The third-order valence-electron chi connectivity index (χ3n) is 2.92. The maximum Gasteiger partial charge on any atom is 0.119 e. The van der Waals surface area contributed by atoms with Crippen LogP contribution in [0.15, 0.2) is 42.5 Å². The van der Waals surface area contributed by atoms with E-state index >= 15 is 0 Å². The van der Waals surface area contributed by atoms with Gasteiger partial charge in [0.25, 0.3) is 0 Å². The van der Waals surface area contributed by atoms with Crippen LogP contribution in [-0.2, 0) is 0 Å². The van der Waals surface area contributed by atoms with Crippen LogP contribution in [0.2, 0.25) is 5.02 Å². The van der Waals surface area contributed by atoms with Crippen LogP contribution in [0.4, 0.5) is 5.69 Å². The summed E-state index contributed by atoms with van der Waals surface area (Å²) in [5.74, 6) is 0.756. The van der Waals surface area contributed by atoms with E-state index in [2.05, 4.69) is 27.9 Å². The number of halogens is 2. The second kappa shape index (κ2) is 7.87. The van der Waals surface area contributed by atoms with E-state index in [1.807, 2.05) is 49.4 Å². The fourth-order valence-electron chi connectivity index (χ4n) is 1.75. The number of aliphatic hydroxyl groups is 1. The SMILES string of the molecule is Cc1ccc(OCC(O)CNc2ccc(I)cc2Cl)cc1. The monoisotopic (exact) mass is 417 g/mol. The molecule has 21 heavy (non-hydrogen) atoms. The van der Waals surface area contributed by atoms with Gasteiger partial charge in [-0.15, -0.1) is 0 Å². The Bertz CT molecular complexity index is 589. The van der Waals surface area contributed by atoms with Gasteiger partial charge in [-0.25, -0.2) is 0 Å². The number of hydrogen-bond donors (Lipinski definition) is 2. The molecule has 0 aliphatic heterocycles. The number of aryl methyl sites for hydroxylation is 1. The van der Waals surface area contributed by atoms with E-state index in [9.17, 15) is 5.11 Å². The molecule has 0 radical (unpaired) electrons. The lowest BCUT2D eigenvalue weighted by Gasteiger charge is -2.15. The van der Waals surface area contributed by atoms with Crippen LogP contribution in [-0.4, -0.2) is 24.4 Å². The summed E-state index contributed by atoms with van der Waals surface area (Å²) in [6.45, 7) is 2.64. The minimum atomic E-state index is -0.610. The molecular weight excluding hydrogens is 401 g/mol. The lowest BCUT2D eigenvalue weighted by Crippen LogP contribution is -2.26. The van der Waals surface area contributed by atoms with Crippen molar-refractivity contribution in [1.29, 1.82) is 0 Å². The van der Waals surface area contributed by atoms with Gasteiger partial charge in [0.1, 0.15) is 18.5 Å². The molecule has 0 aliphatic carbocycles. The van der Waals surface area contributed by atoms with Gasteiger partial charge in [0.05, 0.1) is 10.7 Å². The molecule has 2 N–H and O–H groups in total. The number of hydrogen-bond acceptors (Lipinski definition) is 3. The Morgan fingerprint density at radius 3 is 2.62 bits per heavy atom. The topological polar surface area (TPSA) is 41.5 Å². The Labute approximate surface area is 143 Å². The average Bonchev–Trinajstić information content (AvgIpc) is 2.46. The number of benzene rings is 2. The Balaban J connectivity index is 1.79. The normalized spacial score (nSPS) is 12.0. The number of ether oxygens (including phenoxy) is 1. The maximum absolute atomic E-state index is 9.94. The van der Waals surface area contributed by atoms with Crippen molar-refractivity contribution in [3.8, 4) is 5.75 Å². The summed E-state index contributed by atoms with van der Waals surface area (Å²) >= 11 is 8.32. The molecule has 2 rings (SSSR count). The third-order valence-corrected chi connectivity index (χ3v) is 3.91. The van der Waals surface area contributed by atoms with Crippen molar-refractivity contribution < 1.29 is 9.84 Å². The van der Waals surface area contributed by atoms with Crippen LogP contribution in [0.1, 0.15) is 5.56 Å². The van der Waals surface area contributed by atoms with Gasteiger partial charge in [-0.1, -0.05) is 29.3 Å². The first-order valence-electron chi connectivity index (χ1n) is 6.61. The van der Waals surface area contributed by atoms with E-state index in [4.69, 9.17) is 16.3 Å². The second-order valence-corrected chi connectivity index (χ2v) is 6.44. The first kappa shape index (κ1) is 16.4. The first-order valence-corrected chi connectivity index (χ1v) is 8.07. The van der Waals surface area contributed by atoms with Gasteiger partial charge in [-0.3, -0.25) is 0 Å². The largest absolute Gasteiger partial charge is 0.491 e. The molecular formula is C16H17ClINO2. The molecule has 0 aromatic heterocycles. The molecule has 0 saturated heterocycles. The standard InChI is InChI=1S/C16H17ClINO2/c1-11-2-5-14(6-3-11)21-10-13(20)9-19-16-7-4-12(18)8-15(16)17/h2-8,13,19-20H,9-10H2,1H3. The molecule has 1 unspecified atom stereocenters. The summed E-state index contributed by atoms with van der Waals surface area (Å²) in [4.78, 5) is 0. The Hall–Kier alpha value is -0.980. The molecule has 5 heteroatoms. The lowest BCUT2D eigenvalue weighted by atomic mass is 10.2. The highest BCUT2D eigenvalue weighted by molar-refractivity contribution is 14.1. The highest BCUT2D eigenvalue weighted by Crippen LogP contribution is 2.23. The molecule has 0 amide bonds. The minimum absolute atomic E-state index is 0.234. The number of rotatable bonds is 6. The van der Waals surface area contributed by atoms with Gasteiger partial charge in [0.15, 0.2) is 0 Å². The Morgan fingerprint density at radius 2 is 1.95 bits per heavy atom. The minimum Gasteiger partial charge on any atom is -0.491 e. The van der Waals surface area contributed by atoms with Gasteiger partial charge >= 0.3 is 0 Å². The van der Waals surface area contributed by atoms with E-state index < -0.39 is 6.10 Å². The number of nitrogens with one attached hydrogen (secondary N) is 1. The third kappa shape index (κ3) is 5.37. The second-order valence-electron chi connectivity index (χ2n) is 4.78. The van der Waals surface area contributed by atoms with E-state index in [-0.39, 0.29) is 6.61 Å². The zero-order chi connectivity index (χ0) is 15.2. The zero-order valence-corrected chi connectivity index (χ0v) is 14.6. The van der Waals surface area contributed by atoms with Gasteiger partial charge in [-0.2, -0.15) is 0 Å². The predicted molar refractivity (Wildman–Crippen MR) is 95.3 cm³/mol. The summed E-state index contributed by atoms with van der Waals surface area (Å²) in [5, 5.41) is 13.7. The zero-order valence-electron chi connectivity index (χ0n) is 11.6. The van der Waals surface area contributed by atoms with Crippen LogP contribution in [0.3, 0.4) is 0 Å². The molecule has 0 bridgehead atoms. The quantitative estimate of drug-likeness (QED) is 0.695. The molecule has 0 saturated carbocycles. The van der Waals surface area contributed by atoms with Crippen molar-refractivity contribution in [3.63, 3.8) is 0 Å². The fourth-order valence-corrected chi connectivity index (χ4v) is 2.67. The van der Waals surface area contributed by atoms with Crippen LogP contribution >= 0.6 is 34.2 Å². The van der Waals surface area contributed by atoms with Crippen LogP contribution in [0, 0.1) is 10.5 Å². The van der Waals surface area contributed by atoms with Crippen molar-refractivity contribution in [2.24, 2.45) is 0 Å². The number of anilines is 1. The molecule has 1 atom stereocenters. The fraction of sp³-hybridized carbons (Fsp3) is 0.250. The van der Waals surface area contributed by atoms with E-state index in [0.29, 0.717) is 11.6 Å². The summed E-state index contributed by atoms with van der Waals surface area (Å²) in [5.41, 5.74) is 1.99. The maximum atomic E-state index is 9.94. The summed E-state index contributed by atoms with van der Waals surface area (Å²) in [6, 6.07) is 13.5. The first-order chi connectivity index (χ1) is 10.0. The molecule has 0 aliphatic rings. The summed E-state index contributed by atoms with van der Waals surface area (Å²) < 4.78 is 6.61. The predicted octanol–water partition coefficient (Wildman–Crippen LogP) is 4.10. The van der Waals surface area contributed by atoms with Crippen LogP contribution < -0.4 is 10.1 Å². The average molecular weight is 418 g/mol. The van der Waals surface area contributed by atoms with Crippen LogP contribution in [0.5, 0.6) is 5.75 Å². The Morgan fingerprint density at radius 1 is 1.24 bits per heavy atom. The van der Waals surface area contributed by atoms with Gasteiger partial charge < -0.3 is 15.2 Å². The van der Waals surface area contributed by atoms with E-state index in [0.717, 1.165) is 15.0 Å². The number of aliphatic hydroxyl groups excluding tert-OH is 1. The Kier molecular flexibility index (Phi) is 6.14. The van der Waals surface area contributed by atoms with Gasteiger partial charge in [0, 0.05) is 10.1 Å². The highest BCUT2D eigenvalue weighted by Gasteiger charge is 2.07. The van der Waals surface area contributed by atoms with E-state index in [1.54, 1.807) is 0 Å². The molecule has 2 aromatic carbocycles. The van der Waals surface area contributed by atoms with Gasteiger partial charge in [-0.05, 0) is 59.8 Å². The highest BCUT2D eigenvalue weighted by atomic mass is 127. The van der Waals surface area contributed by atoms with Crippen molar-refractivity contribution in [1.82, 2.24) is 0 Å². The van der Waals surface area contributed by atoms with Crippen molar-refractivity contribution in [2.45, 2.75) is 13.0 Å². The summed E-state index contributed by atoms with van der Waals surface area (Å²) in [6.07, 6.45) is -0.610. The molecule has 0 spiro atoms. The van der Waals surface area contributed by atoms with E-state index in [1.165, 1.54) is 5.56 Å².